The number of benzene rings is 10. The van der Waals surface area contributed by atoms with Gasteiger partial charge in [-0.1, -0.05) is 170 Å². The number of rotatable bonds is 5. The molecule has 2 aliphatic rings. The van der Waals surface area contributed by atoms with E-state index in [1.165, 1.54) is 88.2 Å². The van der Waals surface area contributed by atoms with Gasteiger partial charge in [-0.3, -0.25) is 0 Å². The lowest BCUT2D eigenvalue weighted by Gasteiger charge is -2.32. The molecule has 13 rings (SSSR count). The molecule has 11 aromatic rings. The Morgan fingerprint density at radius 2 is 0.902 bits per heavy atom. The van der Waals surface area contributed by atoms with Crippen molar-refractivity contribution in [1.29, 1.82) is 0 Å². The third kappa shape index (κ3) is 4.79. The van der Waals surface area contributed by atoms with Crippen molar-refractivity contribution in [2.75, 3.05) is 4.90 Å². The summed E-state index contributed by atoms with van der Waals surface area (Å²) >= 11 is 0. The van der Waals surface area contributed by atoms with Gasteiger partial charge in [0.2, 0.25) is 0 Å². The summed E-state index contributed by atoms with van der Waals surface area (Å²) in [4.78, 5) is 2.43. The predicted molar refractivity (Wildman–Crippen MR) is 255 cm³/mol. The van der Waals surface area contributed by atoms with Crippen LogP contribution in [0.1, 0.15) is 22.3 Å². The molecule has 1 spiro atoms. The molecule has 0 radical (unpaired) electrons. The molecule has 10 aromatic carbocycles. The van der Waals surface area contributed by atoms with E-state index in [0.717, 1.165) is 22.7 Å². The molecule has 0 fully saturated rings. The van der Waals surface area contributed by atoms with Crippen molar-refractivity contribution in [2.24, 2.45) is 0 Å². The molecule has 0 bridgehead atoms. The number of aromatic nitrogens is 1. The average molecular weight is 775 g/mol. The Kier molecular flexibility index (Phi) is 7.26. The Hall–Kier alpha value is -7.94. The van der Waals surface area contributed by atoms with E-state index in [1.54, 1.807) is 0 Å². The van der Waals surface area contributed by atoms with E-state index < -0.39 is 5.41 Å². The highest BCUT2D eigenvalue weighted by atomic mass is 15.1. The van der Waals surface area contributed by atoms with Crippen molar-refractivity contribution in [3.05, 3.63) is 253 Å². The zero-order chi connectivity index (χ0) is 40.1. The zero-order valence-electron chi connectivity index (χ0n) is 33.3. The SMILES string of the molecule is c1ccc(N(c2cccc(-c3ccc4c(c3)c3ccc5ccccc5c3n4-c3ccccc3)c2)c2ccc3c(c2)C2(c4ccccc4-c4ccccc42)c2ccccc2-3)cc1. The Morgan fingerprint density at radius 3 is 1.62 bits per heavy atom. The van der Waals surface area contributed by atoms with Crippen LogP contribution in [0.3, 0.4) is 0 Å². The van der Waals surface area contributed by atoms with Crippen molar-refractivity contribution in [2.45, 2.75) is 5.41 Å². The zero-order valence-corrected chi connectivity index (χ0v) is 33.3. The van der Waals surface area contributed by atoms with Crippen molar-refractivity contribution in [3.63, 3.8) is 0 Å². The van der Waals surface area contributed by atoms with Crippen LogP contribution in [0.15, 0.2) is 231 Å². The van der Waals surface area contributed by atoms with Gasteiger partial charge in [-0.25, -0.2) is 0 Å². The van der Waals surface area contributed by atoms with Crippen LogP contribution in [0.4, 0.5) is 17.1 Å². The minimum atomic E-state index is -0.418. The normalized spacial score (nSPS) is 13.0. The first-order chi connectivity index (χ1) is 30.3. The second-order valence-electron chi connectivity index (χ2n) is 16.4. The number of nitrogens with zero attached hydrogens (tertiary/aromatic N) is 2. The maximum Gasteiger partial charge on any atom is 0.0726 e. The van der Waals surface area contributed by atoms with E-state index in [-0.39, 0.29) is 0 Å². The lowest BCUT2D eigenvalue weighted by Crippen LogP contribution is -2.26. The molecule has 0 atom stereocenters. The molecule has 284 valence electrons. The monoisotopic (exact) mass is 774 g/mol. The Morgan fingerprint density at radius 1 is 0.328 bits per heavy atom. The molecule has 0 N–H and O–H groups in total. The summed E-state index contributed by atoms with van der Waals surface area (Å²) in [5.74, 6) is 0. The Balaban J connectivity index is 1.00. The van der Waals surface area contributed by atoms with E-state index in [2.05, 4.69) is 240 Å². The largest absolute Gasteiger partial charge is 0.310 e. The number of anilines is 3. The molecule has 0 aliphatic heterocycles. The highest BCUT2D eigenvalue weighted by Gasteiger charge is 2.51. The minimum absolute atomic E-state index is 0.418. The van der Waals surface area contributed by atoms with E-state index in [1.807, 2.05) is 0 Å². The highest BCUT2D eigenvalue weighted by Crippen LogP contribution is 2.63. The van der Waals surface area contributed by atoms with Crippen molar-refractivity contribution in [1.82, 2.24) is 4.57 Å². The Labute approximate surface area is 354 Å². The summed E-state index contributed by atoms with van der Waals surface area (Å²) in [7, 11) is 0. The quantitative estimate of drug-likeness (QED) is 0.169. The van der Waals surface area contributed by atoms with Gasteiger partial charge < -0.3 is 9.47 Å². The van der Waals surface area contributed by atoms with Gasteiger partial charge in [0.25, 0.3) is 0 Å². The third-order valence-corrected chi connectivity index (χ3v) is 13.4. The Bertz CT molecular complexity index is 3480. The maximum atomic E-state index is 2.47. The van der Waals surface area contributed by atoms with E-state index in [0.29, 0.717) is 0 Å². The smallest absolute Gasteiger partial charge is 0.0726 e. The maximum absolute atomic E-state index is 2.47. The second kappa shape index (κ2) is 13.0. The van der Waals surface area contributed by atoms with Gasteiger partial charge in [0.1, 0.15) is 0 Å². The van der Waals surface area contributed by atoms with Crippen molar-refractivity contribution >= 4 is 49.6 Å². The number of para-hydroxylation sites is 2. The van der Waals surface area contributed by atoms with Crippen molar-refractivity contribution in [3.8, 4) is 39.1 Å². The van der Waals surface area contributed by atoms with Crippen LogP contribution in [-0.2, 0) is 5.41 Å². The molecular weight excluding hydrogens is 737 g/mol. The number of fused-ring (bicyclic) bond motifs is 15. The number of hydrogen-bond acceptors (Lipinski definition) is 1. The summed E-state index contributed by atoms with van der Waals surface area (Å²) in [5.41, 5.74) is 19.5. The third-order valence-electron chi connectivity index (χ3n) is 13.4. The van der Waals surface area contributed by atoms with Crippen molar-refractivity contribution < 1.29 is 0 Å². The summed E-state index contributed by atoms with van der Waals surface area (Å²) < 4.78 is 2.43. The molecule has 2 nitrogen and oxygen atoms in total. The van der Waals surface area contributed by atoms with Crippen LogP contribution in [0.25, 0.3) is 71.6 Å². The van der Waals surface area contributed by atoms with E-state index >= 15 is 0 Å². The van der Waals surface area contributed by atoms with Gasteiger partial charge in [0, 0.05) is 38.9 Å². The molecule has 0 saturated carbocycles. The number of hydrogen-bond donors (Lipinski definition) is 0. The molecule has 0 amide bonds. The van der Waals surface area contributed by atoms with Crippen LogP contribution in [0.2, 0.25) is 0 Å². The fourth-order valence-electron chi connectivity index (χ4n) is 10.9. The molecular formula is C59H38N2. The van der Waals surface area contributed by atoms with Crippen LogP contribution >= 0.6 is 0 Å². The summed E-state index contributed by atoms with van der Waals surface area (Å²) in [6.07, 6.45) is 0. The van der Waals surface area contributed by atoms with Crippen LogP contribution in [0.5, 0.6) is 0 Å². The van der Waals surface area contributed by atoms with Gasteiger partial charge >= 0.3 is 0 Å². The van der Waals surface area contributed by atoms with E-state index in [9.17, 15) is 0 Å². The molecule has 0 saturated heterocycles. The van der Waals surface area contributed by atoms with Gasteiger partial charge in [0.05, 0.1) is 16.4 Å². The lowest BCUT2D eigenvalue weighted by molar-refractivity contribution is 0.793. The van der Waals surface area contributed by atoms with Gasteiger partial charge in [-0.05, 0) is 122 Å². The molecule has 2 heteroatoms. The van der Waals surface area contributed by atoms with Gasteiger partial charge in [-0.15, -0.1) is 0 Å². The second-order valence-corrected chi connectivity index (χ2v) is 16.4. The van der Waals surface area contributed by atoms with E-state index in [4.69, 9.17) is 0 Å². The fraction of sp³-hybridized carbons (Fsp3) is 0.0169. The van der Waals surface area contributed by atoms with Crippen LogP contribution in [-0.4, -0.2) is 4.57 Å². The minimum Gasteiger partial charge on any atom is -0.310 e. The topological polar surface area (TPSA) is 8.17 Å². The standard InChI is InChI=1S/C59H38N2/c1-3-18-42(19-4-1)60(45-32-34-50-49-26-11-14-29-55(49)59(56(50)38-45)53-27-12-9-24-47(53)48-25-10-13-28-54(48)59)44-22-15-17-40(36-44)41-31-35-57-52(37-41)51-33-30-39-16-7-8-23-46(39)58(51)61(57)43-20-5-2-6-21-43/h1-38H. The predicted octanol–water partition coefficient (Wildman–Crippen LogP) is 15.4. The summed E-state index contributed by atoms with van der Waals surface area (Å²) in [6.45, 7) is 0. The first-order valence-electron chi connectivity index (χ1n) is 21.2. The summed E-state index contributed by atoms with van der Waals surface area (Å²) in [6, 6.07) is 85.2. The molecule has 1 heterocycles. The fourth-order valence-corrected chi connectivity index (χ4v) is 10.9. The summed E-state index contributed by atoms with van der Waals surface area (Å²) in [5, 5.41) is 5.00. The average Bonchev–Trinajstić information content (AvgIpc) is 3.94. The first kappa shape index (κ1) is 34.0. The molecule has 61 heavy (non-hydrogen) atoms. The highest BCUT2D eigenvalue weighted by molar-refractivity contribution is 6.19. The lowest BCUT2D eigenvalue weighted by atomic mass is 9.70. The molecule has 2 aliphatic carbocycles. The van der Waals surface area contributed by atoms with Gasteiger partial charge in [-0.2, -0.15) is 0 Å². The van der Waals surface area contributed by atoms with Gasteiger partial charge in [0.15, 0.2) is 0 Å². The first-order valence-corrected chi connectivity index (χ1v) is 21.2. The van der Waals surface area contributed by atoms with Crippen LogP contribution < -0.4 is 4.90 Å². The molecule has 0 unspecified atom stereocenters. The van der Waals surface area contributed by atoms with Crippen LogP contribution in [0, 0.1) is 0 Å². The molecule has 1 aromatic heterocycles.